The molecule has 0 amide bonds. The zero-order chi connectivity index (χ0) is 30.5. The molecule has 0 saturated heterocycles. The van der Waals surface area contributed by atoms with Gasteiger partial charge < -0.3 is 0 Å². The molecule has 2 aliphatic carbocycles. The highest BCUT2D eigenvalue weighted by Crippen LogP contribution is 2.55. The molecule has 0 saturated carbocycles. The second-order valence-corrected chi connectivity index (χ2v) is 12.6. The number of hydrogen-bond acceptors (Lipinski definition) is 0. The van der Waals surface area contributed by atoms with E-state index in [2.05, 4.69) is 192 Å². The minimum atomic E-state index is -0.254. The van der Waals surface area contributed by atoms with E-state index in [1.807, 2.05) is 18.2 Å². The van der Waals surface area contributed by atoms with E-state index in [0.717, 1.165) is 6.42 Å². The van der Waals surface area contributed by atoms with Crippen LogP contribution in [-0.4, -0.2) is 0 Å². The Kier molecular flexibility index (Phi) is 8.44. The van der Waals surface area contributed by atoms with Gasteiger partial charge in [0.05, 0.1) is 5.41 Å². The zero-order valence-electron chi connectivity index (χ0n) is 25.0. The molecule has 0 atom stereocenters. The Bertz CT molecular complexity index is 1900. The van der Waals surface area contributed by atoms with Crippen molar-refractivity contribution >= 4 is 22.6 Å². The molecule has 0 radical (unpaired) electrons. The van der Waals surface area contributed by atoms with Crippen molar-refractivity contribution in [3.05, 3.63) is 225 Å². The van der Waals surface area contributed by atoms with E-state index in [1.54, 1.807) is 0 Å². The third-order valence-electron chi connectivity index (χ3n) is 8.80. The van der Waals surface area contributed by atoms with Crippen molar-refractivity contribution in [1.82, 2.24) is 0 Å². The molecule has 0 heterocycles. The minimum absolute atomic E-state index is 0.254. The molecular weight excluding hydrogens is 655 g/mol. The molecule has 0 N–H and O–H groups in total. The van der Waals surface area contributed by atoms with E-state index in [9.17, 15) is 0 Å². The Balaban J connectivity index is 0.000000134. The van der Waals surface area contributed by atoms with Gasteiger partial charge in [0.15, 0.2) is 0 Å². The maximum Gasteiger partial charge on any atom is 0.0713 e. The maximum absolute atomic E-state index is 2.29. The van der Waals surface area contributed by atoms with Gasteiger partial charge in [-0.05, 0) is 96.8 Å². The molecule has 0 aromatic heterocycles. The molecule has 0 nitrogen and oxygen atoms in total. The lowest BCUT2D eigenvalue weighted by Gasteiger charge is -2.33. The van der Waals surface area contributed by atoms with Crippen molar-refractivity contribution in [2.24, 2.45) is 0 Å². The van der Waals surface area contributed by atoms with Gasteiger partial charge in [-0.15, -0.1) is 0 Å². The van der Waals surface area contributed by atoms with E-state index >= 15 is 0 Å². The summed E-state index contributed by atoms with van der Waals surface area (Å²) in [5.41, 5.74) is 13.6. The quantitative estimate of drug-likeness (QED) is 0.159. The van der Waals surface area contributed by atoms with E-state index in [0.29, 0.717) is 0 Å². The van der Waals surface area contributed by atoms with Crippen molar-refractivity contribution in [3.8, 4) is 22.3 Å². The van der Waals surface area contributed by atoms with Crippen molar-refractivity contribution in [2.45, 2.75) is 11.8 Å². The van der Waals surface area contributed by atoms with Crippen molar-refractivity contribution in [3.63, 3.8) is 0 Å². The van der Waals surface area contributed by atoms with E-state index in [1.165, 1.54) is 59.2 Å². The number of rotatable bonds is 2. The summed E-state index contributed by atoms with van der Waals surface area (Å²) < 4.78 is 1.29. The van der Waals surface area contributed by atoms with Crippen LogP contribution in [0.25, 0.3) is 22.3 Å². The first-order valence-corrected chi connectivity index (χ1v) is 16.5. The number of fused-ring (bicyclic) bond motifs is 6. The van der Waals surface area contributed by atoms with Gasteiger partial charge in [0.25, 0.3) is 0 Å². The zero-order valence-corrected chi connectivity index (χ0v) is 27.1. The van der Waals surface area contributed by atoms with Gasteiger partial charge in [0, 0.05) is 3.57 Å². The first kappa shape index (κ1) is 29.0. The van der Waals surface area contributed by atoms with E-state index in [-0.39, 0.29) is 5.41 Å². The molecule has 2 aliphatic rings. The van der Waals surface area contributed by atoms with Crippen LogP contribution >= 0.6 is 22.6 Å². The van der Waals surface area contributed by atoms with E-state index in [4.69, 9.17) is 0 Å². The Morgan fingerprint density at radius 2 is 0.667 bits per heavy atom. The van der Waals surface area contributed by atoms with Gasteiger partial charge in [-0.3, -0.25) is 0 Å². The summed E-state index contributed by atoms with van der Waals surface area (Å²) in [6.45, 7) is 0. The first-order chi connectivity index (χ1) is 22.3. The van der Waals surface area contributed by atoms with Gasteiger partial charge in [0.1, 0.15) is 0 Å². The summed E-state index contributed by atoms with van der Waals surface area (Å²) >= 11 is 2.28. The van der Waals surface area contributed by atoms with Crippen LogP contribution in [-0.2, 0) is 11.8 Å². The molecule has 0 fully saturated rings. The topological polar surface area (TPSA) is 0 Å². The van der Waals surface area contributed by atoms with Crippen molar-refractivity contribution in [2.75, 3.05) is 0 Å². The highest BCUT2D eigenvalue weighted by molar-refractivity contribution is 14.1. The van der Waals surface area contributed by atoms with Crippen LogP contribution in [0.4, 0.5) is 0 Å². The largest absolute Gasteiger partial charge is 0.0713 e. The minimum Gasteiger partial charge on any atom is -0.0622 e. The van der Waals surface area contributed by atoms with Crippen LogP contribution in [0.3, 0.4) is 0 Å². The van der Waals surface area contributed by atoms with E-state index < -0.39 is 0 Å². The molecule has 7 aromatic rings. The van der Waals surface area contributed by atoms with Crippen LogP contribution in [0.1, 0.15) is 33.4 Å². The fourth-order valence-corrected chi connectivity index (χ4v) is 7.31. The summed E-state index contributed by atoms with van der Waals surface area (Å²) in [4.78, 5) is 0. The van der Waals surface area contributed by atoms with Crippen LogP contribution in [0.15, 0.2) is 188 Å². The lowest BCUT2D eigenvalue weighted by Crippen LogP contribution is -2.28. The molecule has 7 aromatic carbocycles. The van der Waals surface area contributed by atoms with Gasteiger partial charge in [-0.25, -0.2) is 0 Å². The van der Waals surface area contributed by atoms with Crippen LogP contribution < -0.4 is 0 Å². The summed E-state index contributed by atoms with van der Waals surface area (Å²) in [6.07, 6.45) is 1.10. The average molecular weight is 689 g/mol. The Hall–Kier alpha value is -4.73. The molecule has 45 heavy (non-hydrogen) atoms. The van der Waals surface area contributed by atoms with Gasteiger partial charge in [0.2, 0.25) is 0 Å². The molecule has 0 bridgehead atoms. The SMILES string of the molecule is Ic1ccccc1.c1ccc(C2(c3ccccc3)c3ccccc3-c3ccccc32)cc1.c1ccc2c(c1)Cc1ccccc1-2. The Morgan fingerprint density at radius 1 is 0.333 bits per heavy atom. The summed E-state index contributed by atoms with van der Waals surface area (Å²) in [5.74, 6) is 0. The predicted molar refractivity (Wildman–Crippen MR) is 198 cm³/mol. The van der Waals surface area contributed by atoms with Crippen LogP contribution in [0.2, 0.25) is 0 Å². The molecule has 9 rings (SSSR count). The van der Waals surface area contributed by atoms with Gasteiger partial charge in [-0.2, -0.15) is 0 Å². The summed E-state index contributed by atoms with van der Waals surface area (Å²) in [6, 6.07) is 67.0. The number of halogens is 1. The first-order valence-electron chi connectivity index (χ1n) is 15.4. The van der Waals surface area contributed by atoms with Crippen molar-refractivity contribution in [1.29, 1.82) is 0 Å². The van der Waals surface area contributed by atoms with Crippen LogP contribution in [0, 0.1) is 3.57 Å². The standard InChI is InChI=1S/C25H18.C13H10.C6H5I/c1-3-11-19(12-4-1)25(20-13-5-2-6-14-20)23-17-9-7-15-21(23)22-16-8-10-18-24(22)25;1-3-7-12-10(5-1)9-11-6-2-4-8-13(11)12;7-6-4-2-1-3-5-6/h1-18H;1-8H,9H2;1-5H. The lowest BCUT2D eigenvalue weighted by atomic mass is 9.68. The second-order valence-electron chi connectivity index (χ2n) is 11.4. The summed E-state index contributed by atoms with van der Waals surface area (Å²) in [7, 11) is 0. The molecule has 1 heteroatoms. The summed E-state index contributed by atoms with van der Waals surface area (Å²) in [5, 5.41) is 0. The molecule has 0 spiro atoms. The fourth-order valence-electron chi connectivity index (χ4n) is 6.89. The molecule has 0 unspecified atom stereocenters. The van der Waals surface area contributed by atoms with Crippen molar-refractivity contribution < 1.29 is 0 Å². The molecule has 216 valence electrons. The second kappa shape index (κ2) is 13.1. The lowest BCUT2D eigenvalue weighted by molar-refractivity contribution is 0.768. The van der Waals surface area contributed by atoms with Crippen LogP contribution in [0.5, 0.6) is 0 Å². The number of hydrogen-bond donors (Lipinski definition) is 0. The Morgan fingerprint density at radius 3 is 1.07 bits per heavy atom. The monoisotopic (exact) mass is 688 g/mol. The highest BCUT2D eigenvalue weighted by Gasteiger charge is 2.45. The van der Waals surface area contributed by atoms with Gasteiger partial charge >= 0.3 is 0 Å². The maximum atomic E-state index is 2.29. The fraction of sp³-hybridized carbons (Fsp3) is 0.0455. The normalized spacial score (nSPS) is 12.6. The Labute approximate surface area is 280 Å². The number of benzene rings is 7. The molecular formula is C44H33I. The smallest absolute Gasteiger partial charge is 0.0622 e. The third-order valence-corrected chi connectivity index (χ3v) is 9.52. The third kappa shape index (κ3) is 5.54. The van der Waals surface area contributed by atoms with Gasteiger partial charge in [-0.1, -0.05) is 176 Å². The predicted octanol–water partition coefficient (Wildman–Crippen LogP) is 11.6. The average Bonchev–Trinajstić information content (AvgIpc) is 3.64. The molecule has 0 aliphatic heterocycles. The highest BCUT2D eigenvalue weighted by atomic mass is 127.